The number of likely N-dealkylation sites (tertiary alicyclic amines) is 1. The molecule has 172 valence electrons. The molecule has 0 aromatic heterocycles. The van der Waals surface area contributed by atoms with Crippen molar-refractivity contribution in [3.05, 3.63) is 54.1 Å². The van der Waals surface area contributed by atoms with E-state index in [9.17, 15) is 4.79 Å². The van der Waals surface area contributed by atoms with E-state index < -0.39 is 0 Å². The van der Waals surface area contributed by atoms with Crippen LogP contribution in [0.4, 0.5) is 0 Å². The van der Waals surface area contributed by atoms with E-state index in [-0.39, 0.29) is 17.9 Å². The number of nitrogens with one attached hydrogen (secondary N) is 2. The third-order valence-corrected chi connectivity index (χ3v) is 5.32. The molecule has 1 unspecified atom stereocenters. The summed E-state index contributed by atoms with van der Waals surface area (Å²) in [5.41, 5.74) is 1.08. The Morgan fingerprint density at radius 3 is 2.53 bits per heavy atom. The normalized spacial score (nSPS) is 16.2. The Hall–Kier alpha value is -3.22. The minimum absolute atomic E-state index is 0.0329. The molecule has 1 aliphatic rings. The molecule has 32 heavy (non-hydrogen) atoms. The van der Waals surface area contributed by atoms with Crippen LogP contribution in [0.1, 0.15) is 32.8 Å². The number of guanidine groups is 1. The van der Waals surface area contributed by atoms with Crippen LogP contribution in [0.25, 0.3) is 0 Å². The van der Waals surface area contributed by atoms with Crippen LogP contribution in [-0.2, 0) is 11.3 Å². The fourth-order valence-corrected chi connectivity index (χ4v) is 3.62. The second-order valence-electron chi connectivity index (χ2n) is 8.16. The second kappa shape index (κ2) is 11.4. The minimum atomic E-state index is 0.0329. The molecule has 2 aromatic carbocycles. The zero-order valence-electron chi connectivity index (χ0n) is 19.4. The third kappa shape index (κ3) is 6.39. The van der Waals surface area contributed by atoms with Crippen LogP contribution in [0.15, 0.2) is 53.5 Å². The Morgan fingerprint density at radius 2 is 1.88 bits per heavy atom. The molecule has 2 N–H and O–H groups in total. The van der Waals surface area contributed by atoms with Crippen LogP contribution >= 0.6 is 0 Å². The molecule has 2 aromatic rings. The van der Waals surface area contributed by atoms with E-state index in [1.54, 1.807) is 7.11 Å². The van der Waals surface area contributed by atoms with Gasteiger partial charge >= 0.3 is 0 Å². The Labute approximate surface area is 190 Å². The molecule has 0 saturated carbocycles. The molecular formula is C25H34N4O3. The first-order valence-electron chi connectivity index (χ1n) is 11.2. The Bertz CT molecular complexity index is 912. The van der Waals surface area contributed by atoms with Gasteiger partial charge in [-0.05, 0) is 43.2 Å². The van der Waals surface area contributed by atoms with Crippen molar-refractivity contribution in [3.8, 4) is 17.2 Å². The van der Waals surface area contributed by atoms with Gasteiger partial charge in [0.2, 0.25) is 5.91 Å². The quantitative estimate of drug-likeness (QED) is 0.484. The maximum Gasteiger partial charge on any atom is 0.225 e. The number of methoxy groups -OCH3 is 1. The van der Waals surface area contributed by atoms with Gasteiger partial charge in [0.1, 0.15) is 5.75 Å². The molecular weight excluding hydrogens is 404 g/mol. The molecule has 0 bridgehead atoms. The number of amides is 1. The highest BCUT2D eigenvalue weighted by atomic mass is 16.5. The van der Waals surface area contributed by atoms with Gasteiger partial charge in [0.15, 0.2) is 17.5 Å². The number of nitrogens with zero attached hydrogens (tertiary/aromatic N) is 2. The fourth-order valence-electron chi connectivity index (χ4n) is 3.62. The van der Waals surface area contributed by atoms with Crippen molar-refractivity contribution in [2.24, 2.45) is 10.9 Å². The lowest BCUT2D eigenvalue weighted by Crippen LogP contribution is -2.45. The lowest BCUT2D eigenvalue weighted by Gasteiger charge is -2.20. The summed E-state index contributed by atoms with van der Waals surface area (Å²) < 4.78 is 11.3. The molecule has 0 spiro atoms. The number of benzene rings is 2. The predicted molar refractivity (Wildman–Crippen MR) is 127 cm³/mol. The topological polar surface area (TPSA) is 75.2 Å². The average molecular weight is 439 g/mol. The smallest absolute Gasteiger partial charge is 0.225 e. The Balaban J connectivity index is 1.57. The Morgan fingerprint density at radius 1 is 1.16 bits per heavy atom. The molecule has 1 saturated heterocycles. The van der Waals surface area contributed by atoms with E-state index in [2.05, 4.69) is 10.6 Å². The van der Waals surface area contributed by atoms with E-state index in [0.717, 1.165) is 43.3 Å². The van der Waals surface area contributed by atoms with E-state index in [4.69, 9.17) is 14.5 Å². The molecule has 0 aliphatic carbocycles. The summed E-state index contributed by atoms with van der Waals surface area (Å²) in [4.78, 5) is 18.9. The molecule has 1 aliphatic heterocycles. The lowest BCUT2D eigenvalue weighted by atomic mass is 10.2. The molecule has 3 rings (SSSR count). The van der Waals surface area contributed by atoms with Crippen molar-refractivity contribution < 1.29 is 14.3 Å². The summed E-state index contributed by atoms with van der Waals surface area (Å²) in [6.45, 7) is 8.77. The maximum atomic E-state index is 12.2. The van der Waals surface area contributed by atoms with Crippen molar-refractivity contribution in [1.29, 1.82) is 0 Å². The lowest BCUT2D eigenvalue weighted by molar-refractivity contribution is -0.133. The third-order valence-electron chi connectivity index (χ3n) is 5.32. The van der Waals surface area contributed by atoms with Crippen LogP contribution in [0, 0.1) is 5.92 Å². The SMILES string of the molecule is CCNC(=NCc1ccc(Oc2ccccc2OC)cc1)NC1CCN(C(=O)C(C)C)C1. The van der Waals surface area contributed by atoms with E-state index in [1.165, 1.54) is 0 Å². The number of hydrogen-bond donors (Lipinski definition) is 2. The number of aliphatic imine (C=N–C) groups is 1. The van der Waals surface area contributed by atoms with Crippen molar-refractivity contribution in [2.45, 2.75) is 39.8 Å². The highest BCUT2D eigenvalue weighted by Gasteiger charge is 2.27. The predicted octanol–water partition coefficient (Wildman–Crippen LogP) is 3.80. The summed E-state index contributed by atoms with van der Waals surface area (Å²) in [6, 6.07) is 15.7. The van der Waals surface area contributed by atoms with Gasteiger partial charge in [-0.25, -0.2) is 4.99 Å². The molecule has 1 fully saturated rings. The molecule has 7 nitrogen and oxygen atoms in total. The largest absolute Gasteiger partial charge is 0.493 e. The summed E-state index contributed by atoms with van der Waals surface area (Å²) >= 11 is 0. The molecule has 0 radical (unpaired) electrons. The van der Waals surface area contributed by atoms with Gasteiger partial charge in [0.05, 0.1) is 13.7 Å². The van der Waals surface area contributed by atoms with Crippen molar-refractivity contribution >= 4 is 11.9 Å². The first-order chi connectivity index (χ1) is 15.5. The summed E-state index contributed by atoms with van der Waals surface area (Å²) in [7, 11) is 1.63. The van der Waals surface area contributed by atoms with Crippen LogP contribution in [0.2, 0.25) is 0 Å². The number of carbonyl (C=O) groups excluding carboxylic acids is 1. The van der Waals surface area contributed by atoms with Crippen LogP contribution in [0.3, 0.4) is 0 Å². The van der Waals surface area contributed by atoms with Gasteiger partial charge in [0.25, 0.3) is 0 Å². The molecule has 1 atom stereocenters. The average Bonchev–Trinajstić information content (AvgIpc) is 3.26. The van der Waals surface area contributed by atoms with Crippen molar-refractivity contribution in [1.82, 2.24) is 15.5 Å². The zero-order valence-corrected chi connectivity index (χ0v) is 19.4. The fraction of sp³-hybridized carbons (Fsp3) is 0.440. The standard InChI is InChI=1S/C25H34N4O3/c1-5-26-25(28-20-14-15-29(17-20)24(30)18(2)3)27-16-19-10-12-21(13-11-19)32-23-9-7-6-8-22(23)31-4/h6-13,18,20H,5,14-17H2,1-4H3,(H2,26,27,28). The van der Waals surface area contributed by atoms with Gasteiger partial charge in [-0.2, -0.15) is 0 Å². The van der Waals surface area contributed by atoms with Gasteiger partial charge in [-0.1, -0.05) is 38.1 Å². The number of rotatable bonds is 8. The maximum absolute atomic E-state index is 12.2. The van der Waals surface area contributed by atoms with Gasteiger partial charge < -0.3 is 25.0 Å². The zero-order chi connectivity index (χ0) is 22.9. The number of ether oxygens (including phenoxy) is 2. The van der Waals surface area contributed by atoms with E-state index >= 15 is 0 Å². The highest BCUT2D eigenvalue weighted by molar-refractivity contribution is 5.81. The molecule has 7 heteroatoms. The van der Waals surface area contributed by atoms with Gasteiger partial charge in [0, 0.05) is 31.6 Å². The second-order valence-corrected chi connectivity index (χ2v) is 8.16. The van der Waals surface area contributed by atoms with E-state index in [0.29, 0.717) is 18.0 Å². The number of para-hydroxylation sites is 2. The molecule has 1 amide bonds. The minimum Gasteiger partial charge on any atom is -0.493 e. The van der Waals surface area contributed by atoms with Crippen molar-refractivity contribution in [3.63, 3.8) is 0 Å². The van der Waals surface area contributed by atoms with Gasteiger partial charge in [-0.15, -0.1) is 0 Å². The highest BCUT2D eigenvalue weighted by Crippen LogP contribution is 2.30. The van der Waals surface area contributed by atoms with Crippen molar-refractivity contribution in [2.75, 3.05) is 26.7 Å². The summed E-state index contributed by atoms with van der Waals surface area (Å²) in [5.74, 6) is 3.14. The summed E-state index contributed by atoms with van der Waals surface area (Å²) in [5, 5.41) is 6.77. The molecule has 1 heterocycles. The van der Waals surface area contributed by atoms with E-state index in [1.807, 2.05) is 74.2 Å². The number of hydrogen-bond acceptors (Lipinski definition) is 4. The first kappa shape index (κ1) is 23.4. The summed E-state index contributed by atoms with van der Waals surface area (Å²) in [6.07, 6.45) is 0.928. The van der Waals surface area contributed by atoms with Gasteiger partial charge in [-0.3, -0.25) is 4.79 Å². The Kier molecular flexibility index (Phi) is 8.36. The monoisotopic (exact) mass is 438 g/mol. The van der Waals surface area contributed by atoms with Crippen LogP contribution < -0.4 is 20.1 Å². The first-order valence-corrected chi connectivity index (χ1v) is 11.2. The van der Waals surface area contributed by atoms with Crippen LogP contribution in [0.5, 0.6) is 17.2 Å². The number of carbonyl (C=O) groups is 1. The van der Waals surface area contributed by atoms with Crippen LogP contribution in [-0.4, -0.2) is 49.6 Å².